The van der Waals surface area contributed by atoms with E-state index in [9.17, 15) is 15.5 Å². The van der Waals surface area contributed by atoms with Crippen LogP contribution in [0.25, 0.3) is 0 Å². The second kappa shape index (κ2) is 4.20. The van der Waals surface area contributed by atoms with E-state index in [1.165, 1.54) is 6.26 Å². The number of aromatic hydroxyl groups is 1. The smallest absolute Gasteiger partial charge is 0.360 e. The fourth-order valence-electron chi connectivity index (χ4n) is 1.38. The predicted octanol–water partition coefficient (Wildman–Crippen LogP) is -0.972. The zero-order valence-corrected chi connectivity index (χ0v) is 9.16. The Hall–Kier alpha value is -2.84. The maximum atomic E-state index is 11.6. The molecule has 0 fully saturated rings. The fourth-order valence-corrected chi connectivity index (χ4v) is 1.38. The van der Waals surface area contributed by atoms with Crippen molar-refractivity contribution in [2.24, 2.45) is 0 Å². The van der Waals surface area contributed by atoms with Gasteiger partial charge >= 0.3 is 23.3 Å². The molecule has 0 spiro atoms. The van der Waals surface area contributed by atoms with E-state index in [0.717, 1.165) is 0 Å². The van der Waals surface area contributed by atoms with Gasteiger partial charge < -0.3 is 31.4 Å². The zero-order valence-electron chi connectivity index (χ0n) is 9.16. The highest BCUT2D eigenvalue weighted by Crippen LogP contribution is 2.18. The van der Waals surface area contributed by atoms with Crippen molar-refractivity contribution in [2.45, 2.75) is 6.54 Å². The van der Waals surface area contributed by atoms with E-state index >= 15 is 0 Å². The second-order valence-electron chi connectivity index (χ2n) is 3.46. The van der Waals surface area contributed by atoms with Crippen molar-refractivity contribution in [3.05, 3.63) is 34.6 Å². The molecule has 6 N–H and O–H groups in total. The van der Waals surface area contributed by atoms with E-state index in [-0.39, 0.29) is 21.8 Å². The van der Waals surface area contributed by atoms with E-state index < -0.39 is 17.5 Å². The monoisotopic (exact) mass is 253 g/mol. The number of furan rings is 1. The lowest BCUT2D eigenvalue weighted by Crippen LogP contribution is -2.44. The summed E-state index contributed by atoms with van der Waals surface area (Å²) in [7, 11) is 0. The molecule has 0 aliphatic heterocycles. The first-order valence-corrected chi connectivity index (χ1v) is 4.91. The molecule has 0 aliphatic carbocycles. The number of rotatable bonds is 3. The van der Waals surface area contributed by atoms with Gasteiger partial charge in [0.15, 0.2) is 0 Å². The molecule has 2 rings (SSSR count). The molecule has 2 heterocycles. The van der Waals surface area contributed by atoms with Gasteiger partial charge in [0.1, 0.15) is 12.3 Å². The summed E-state index contributed by atoms with van der Waals surface area (Å²) in [5, 5.41) is 34.9. The quantitative estimate of drug-likeness (QED) is 0.405. The molecule has 18 heavy (non-hydrogen) atoms. The van der Waals surface area contributed by atoms with E-state index in [2.05, 4.69) is 5.32 Å². The third kappa shape index (κ3) is 1.77. The molecular formula is C9H11N5O4. The summed E-state index contributed by atoms with van der Waals surface area (Å²) < 4.78 is 5.14. The zero-order chi connectivity index (χ0) is 13.3. The molecule has 0 aromatic carbocycles. The molecule has 9 nitrogen and oxygen atoms in total. The maximum absolute atomic E-state index is 11.6. The first kappa shape index (κ1) is 11.6. The largest absolute Gasteiger partial charge is 0.740 e. The molecule has 9 heteroatoms. The molecule has 0 atom stereocenters. The highest BCUT2D eigenvalue weighted by atomic mass is 16.5. The van der Waals surface area contributed by atoms with Crippen molar-refractivity contribution in [3.8, 4) is 5.88 Å². The summed E-state index contributed by atoms with van der Waals surface area (Å²) in [6.07, 6.45) is 1.46. The van der Waals surface area contributed by atoms with Crippen molar-refractivity contribution in [1.29, 1.82) is 0 Å². The number of aromatic nitrogens is 2. The lowest BCUT2D eigenvalue weighted by Gasteiger charge is -2.16. The van der Waals surface area contributed by atoms with Crippen LogP contribution in [0.4, 0.5) is 17.5 Å². The lowest BCUT2D eigenvalue weighted by molar-refractivity contribution is -0.639. The number of nitrogen functional groups attached to an aromatic ring is 2. The Morgan fingerprint density at radius 1 is 1.28 bits per heavy atom. The number of nitrogens with two attached hydrogens (primary N) is 2. The first-order chi connectivity index (χ1) is 8.52. The van der Waals surface area contributed by atoms with Crippen LogP contribution in [0, 0.1) is 10.4 Å². The standard InChI is InChI=1S/C9H11N5O4/c10-6-8(12-4-5-2-1-3-18-5)14(17)9(15)7(11)13(6)16/h1-3,12,15H,4,10-11H2. The third-order valence-electron chi connectivity index (χ3n) is 2.31. The Kier molecular flexibility index (Phi) is 2.72. The molecule has 0 aliphatic rings. The third-order valence-corrected chi connectivity index (χ3v) is 2.31. The van der Waals surface area contributed by atoms with Gasteiger partial charge in [-0.15, -0.1) is 0 Å². The molecule has 96 valence electrons. The summed E-state index contributed by atoms with van der Waals surface area (Å²) in [5.74, 6) is -1.78. The Morgan fingerprint density at radius 3 is 2.61 bits per heavy atom. The van der Waals surface area contributed by atoms with Gasteiger partial charge in [0.25, 0.3) is 0 Å². The van der Waals surface area contributed by atoms with Crippen LogP contribution in [0.2, 0.25) is 0 Å². The van der Waals surface area contributed by atoms with Crippen LogP contribution < -0.4 is 26.2 Å². The Balaban J connectivity index is 2.33. The highest BCUT2D eigenvalue weighted by Gasteiger charge is 2.24. The summed E-state index contributed by atoms with van der Waals surface area (Å²) >= 11 is 0. The van der Waals surface area contributed by atoms with Crippen LogP contribution in [-0.4, -0.2) is 5.11 Å². The average molecular weight is 253 g/mol. The van der Waals surface area contributed by atoms with Crippen molar-refractivity contribution in [1.82, 2.24) is 0 Å². The molecule has 0 unspecified atom stereocenters. The number of nitrogens with zero attached hydrogens (tertiary/aromatic N) is 2. The molecule has 0 saturated heterocycles. The Morgan fingerprint density at radius 2 is 2.00 bits per heavy atom. The molecule has 0 saturated carbocycles. The SMILES string of the molecule is Nc1c(O)[n+]([O-])c(NCc2ccco2)c(N)[n+]1[O-]. The molecule has 0 radical (unpaired) electrons. The summed E-state index contributed by atoms with van der Waals surface area (Å²) in [6.45, 7) is 0.128. The van der Waals surface area contributed by atoms with Crippen LogP contribution in [0.1, 0.15) is 5.76 Å². The predicted molar refractivity (Wildman–Crippen MR) is 60.9 cm³/mol. The Labute approximate surface area is 101 Å². The van der Waals surface area contributed by atoms with Crippen LogP contribution in [0.5, 0.6) is 5.88 Å². The fraction of sp³-hybridized carbons (Fsp3) is 0.111. The van der Waals surface area contributed by atoms with Gasteiger partial charge in [-0.2, -0.15) is 4.73 Å². The summed E-state index contributed by atoms with van der Waals surface area (Å²) in [6, 6.07) is 3.33. The van der Waals surface area contributed by atoms with Crippen molar-refractivity contribution in [2.75, 3.05) is 16.8 Å². The number of anilines is 3. The topological polar surface area (TPSA) is 151 Å². The van der Waals surface area contributed by atoms with E-state index in [1.54, 1.807) is 12.1 Å². The minimum atomic E-state index is -0.916. The normalized spacial score (nSPS) is 10.4. The molecule has 2 aromatic rings. The minimum absolute atomic E-state index is 0.0437. The average Bonchev–Trinajstić information content (AvgIpc) is 2.87. The molecule has 0 bridgehead atoms. The second-order valence-corrected chi connectivity index (χ2v) is 3.46. The maximum Gasteiger partial charge on any atom is 0.360 e. The van der Waals surface area contributed by atoms with Gasteiger partial charge in [-0.25, -0.2) is 4.73 Å². The Bertz CT molecular complexity index is 540. The summed E-state index contributed by atoms with van der Waals surface area (Å²) in [5.41, 5.74) is 10.6. The van der Waals surface area contributed by atoms with Gasteiger partial charge in [-0.1, -0.05) is 0 Å². The highest BCUT2D eigenvalue weighted by molar-refractivity contribution is 5.51. The van der Waals surface area contributed by atoms with Crippen LogP contribution in [0.15, 0.2) is 22.8 Å². The van der Waals surface area contributed by atoms with E-state index in [4.69, 9.17) is 15.9 Å². The van der Waals surface area contributed by atoms with Crippen LogP contribution in [0.3, 0.4) is 0 Å². The number of hydrogen-bond acceptors (Lipinski definition) is 7. The molecule has 2 aromatic heterocycles. The van der Waals surface area contributed by atoms with Gasteiger partial charge in [0.05, 0.1) is 6.26 Å². The lowest BCUT2D eigenvalue weighted by atomic mass is 10.4. The van der Waals surface area contributed by atoms with Gasteiger partial charge in [0.2, 0.25) is 0 Å². The van der Waals surface area contributed by atoms with E-state index in [1.807, 2.05) is 0 Å². The van der Waals surface area contributed by atoms with Crippen molar-refractivity contribution < 1.29 is 19.0 Å². The summed E-state index contributed by atoms with van der Waals surface area (Å²) in [4.78, 5) is 0. The van der Waals surface area contributed by atoms with Crippen molar-refractivity contribution in [3.63, 3.8) is 0 Å². The number of hydrogen-bond donors (Lipinski definition) is 4. The van der Waals surface area contributed by atoms with Crippen LogP contribution >= 0.6 is 0 Å². The van der Waals surface area contributed by atoms with Crippen molar-refractivity contribution >= 4 is 17.5 Å². The number of nitrogens with one attached hydrogen (secondary N) is 1. The van der Waals surface area contributed by atoms with Gasteiger partial charge in [-0.3, -0.25) is 5.32 Å². The minimum Gasteiger partial charge on any atom is -0.740 e. The van der Waals surface area contributed by atoms with Gasteiger partial charge in [0, 0.05) is 0 Å². The molecular weight excluding hydrogens is 242 g/mol. The van der Waals surface area contributed by atoms with E-state index in [0.29, 0.717) is 5.76 Å². The van der Waals surface area contributed by atoms with Crippen LogP contribution in [-0.2, 0) is 6.54 Å². The van der Waals surface area contributed by atoms with Gasteiger partial charge in [-0.05, 0) is 12.1 Å². The molecule has 0 amide bonds. The first-order valence-electron chi connectivity index (χ1n) is 4.91.